The maximum Gasteiger partial charge on any atom is 0.155 e. The number of benzene rings is 1. The van der Waals surface area contributed by atoms with Gasteiger partial charge < -0.3 is 9.47 Å². The van der Waals surface area contributed by atoms with Crippen molar-refractivity contribution in [1.82, 2.24) is 19.9 Å². The normalized spacial score (nSPS) is 16.6. The number of aromatic amines is 1. The summed E-state index contributed by atoms with van der Waals surface area (Å²) in [5.41, 5.74) is 3.55. The molecular weight excluding hydrogens is 336 g/mol. The summed E-state index contributed by atoms with van der Waals surface area (Å²) >= 11 is 1.59. The van der Waals surface area contributed by atoms with Gasteiger partial charge in [0.15, 0.2) is 5.65 Å². The Bertz CT molecular complexity index is 896. The first-order valence-electron chi connectivity index (χ1n) is 8.22. The number of hydrogen-bond donors (Lipinski definition) is 2. The molecule has 2 N–H and O–H groups in total. The highest BCUT2D eigenvalue weighted by Gasteiger charge is 2.22. The summed E-state index contributed by atoms with van der Waals surface area (Å²) < 4.78 is 14.3. The average Bonchev–Trinajstić information content (AvgIpc) is 3.15. The lowest BCUT2D eigenvalue weighted by atomic mass is 9.88. The Morgan fingerprint density at radius 2 is 2.16 bits per heavy atom. The van der Waals surface area contributed by atoms with Crippen LogP contribution in [0.3, 0.4) is 0 Å². The van der Waals surface area contributed by atoms with E-state index < -0.39 is 0 Å². The molecular formula is C18H20N4O2S. The smallest absolute Gasteiger partial charge is 0.155 e. The van der Waals surface area contributed by atoms with Gasteiger partial charge in [0.1, 0.15) is 11.5 Å². The highest BCUT2D eigenvalue weighted by molar-refractivity contribution is 7.97. The lowest BCUT2D eigenvalue weighted by molar-refractivity contribution is 0.394. The molecule has 1 unspecified atom stereocenters. The third-order valence-electron chi connectivity index (χ3n) is 4.60. The van der Waals surface area contributed by atoms with Gasteiger partial charge in [0.05, 0.1) is 25.3 Å². The number of aromatic nitrogens is 3. The van der Waals surface area contributed by atoms with Crippen LogP contribution in [-0.2, 0) is 12.8 Å². The largest absolute Gasteiger partial charge is 0.497 e. The average molecular weight is 356 g/mol. The Morgan fingerprint density at radius 3 is 3.00 bits per heavy atom. The quantitative estimate of drug-likeness (QED) is 0.685. The number of H-pyrrole nitrogens is 1. The van der Waals surface area contributed by atoms with E-state index >= 15 is 0 Å². The van der Waals surface area contributed by atoms with Crippen LogP contribution < -0.4 is 14.2 Å². The van der Waals surface area contributed by atoms with Gasteiger partial charge in [0.25, 0.3) is 0 Å². The molecule has 1 aliphatic carbocycles. The second kappa shape index (κ2) is 6.93. The molecule has 25 heavy (non-hydrogen) atoms. The minimum Gasteiger partial charge on any atom is -0.497 e. The molecule has 6 nitrogen and oxygen atoms in total. The number of rotatable bonds is 5. The van der Waals surface area contributed by atoms with Gasteiger partial charge in [0, 0.05) is 17.6 Å². The van der Waals surface area contributed by atoms with Crippen molar-refractivity contribution in [3.63, 3.8) is 0 Å². The SMILES string of the molecule is COc1ccc(OC)c(SNC2CCc3c(cnc4[nH]ncc34)C2)c1. The van der Waals surface area contributed by atoms with E-state index in [4.69, 9.17) is 9.47 Å². The van der Waals surface area contributed by atoms with Gasteiger partial charge >= 0.3 is 0 Å². The van der Waals surface area contributed by atoms with Crippen LogP contribution in [0.2, 0.25) is 0 Å². The Hall–Kier alpha value is -2.25. The number of aryl methyl sites for hydroxylation is 1. The molecule has 1 atom stereocenters. The molecule has 1 aromatic carbocycles. The van der Waals surface area contributed by atoms with Crippen LogP contribution in [0.25, 0.3) is 11.0 Å². The highest BCUT2D eigenvalue weighted by Crippen LogP contribution is 2.33. The Morgan fingerprint density at radius 1 is 1.24 bits per heavy atom. The molecule has 2 heterocycles. The van der Waals surface area contributed by atoms with E-state index in [1.165, 1.54) is 11.1 Å². The summed E-state index contributed by atoms with van der Waals surface area (Å²) in [7, 11) is 3.36. The second-order valence-electron chi connectivity index (χ2n) is 6.07. The van der Waals surface area contributed by atoms with Crippen molar-refractivity contribution < 1.29 is 9.47 Å². The summed E-state index contributed by atoms with van der Waals surface area (Å²) in [6.07, 6.45) is 6.92. The zero-order chi connectivity index (χ0) is 17.2. The fourth-order valence-corrected chi connectivity index (χ4v) is 4.18. The van der Waals surface area contributed by atoms with Crippen molar-refractivity contribution in [2.45, 2.75) is 30.2 Å². The van der Waals surface area contributed by atoms with Crippen molar-refractivity contribution in [2.75, 3.05) is 14.2 Å². The van der Waals surface area contributed by atoms with Gasteiger partial charge in [-0.2, -0.15) is 5.10 Å². The van der Waals surface area contributed by atoms with Crippen molar-refractivity contribution in [3.8, 4) is 11.5 Å². The molecule has 3 aromatic rings. The minimum atomic E-state index is 0.388. The van der Waals surface area contributed by atoms with Crippen LogP contribution in [-0.4, -0.2) is 35.4 Å². The third-order valence-corrected chi connectivity index (χ3v) is 5.59. The van der Waals surface area contributed by atoms with E-state index in [0.29, 0.717) is 6.04 Å². The van der Waals surface area contributed by atoms with E-state index in [0.717, 1.165) is 46.7 Å². The van der Waals surface area contributed by atoms with Crippen LogP contribution in [0.5, 0.6) is 11.5 Å². The molecule has 0 amide bonds. The highest BCUT2D eigenvalue weighted by atomic mass is 32.2. The summed E-state index contributed by atoms with van der Waals surface area (Å²) in [5.74, 6) is 1.67. The third kappa shape index (κ3) is 3.17. The molecule has 4 rings (SSSR count). The molecule has 0 aliphatic heterocycles. The molecule has 0 saturated heterocycles. The van der Waals surface area contributed by atoms with Gasteiger partial charge in [-0.3, -0.25) is 9.82 Å². The van der Waals surface area contributed by atoms with E-state index in [2.05, 4.69) is 19.9 Å². The van der Waals surface area contributed by atoms with Crippen LogP contribution in [0.4, 0.5) is 0 Å². The van der Waals surface area contributed by atoms with Gasteiger partial charge in [-0.15, -0.1) is 0 Å². The summed E-state index contributed by atoms with van der Waals surface area (Å²) in [6.45, 7) is 0. The molecule has 0 bridgehead atoms. The summed E-state index contributed by atoms with van der Waals surface area (Å²) in [5, 5.41) is 8.20. The molecule has 0 spiro atoms. The van der Waals surface area contributed by atoms with Crippen molar-refractivity contribution in [2.24, 2.45) is 0 Å². The van der Waals surface area contributed by atoms with Gasteiger partial charge in [-0.05, 0) is 60.5 Å². The number of hydrogen-bond acceptors (Lipinski definition) is 6. The Kier molecular flexibility index (Phi) is 4.50. The zero-order valence-corrected chi connectivity index (χ0v) is 15.0. The number of ether oxygens (including phenoxy) is 2. The lowest BCUT2D eigenvalue weighted by Crippen LogP contribution is -2.30. The fourth-order valence-electron chi connectivity index (χ4n) is 3.26. The predicted molar refractivity (Wildman–Crippen MR) is 98.2 cm³/mol. The summed E-state index contributed by atoms with van der Waals surface area (Å²) in [6, 6.07) is 6.21. The predicted octanol–water partition coefficient (Wildman–Crippen LogP) is 3.13. The van der Waals surface area contributed by atoms with E-state index in [-0.39, 0.29) is 0 Å². The number of pyridine rings is 1. The number of fused-ring (bicyclic) bond motifs is 3. The molecule has 0 saturated carbocycles. The van der Waals surface area contributed by atoms with E-state index in [1.807, 2.05) is 30.6 Å². The molecule has 0 fully saturated rings. The van der Waals surface area contributed by atoms with Crippen LogP contribution in [0.1, 0.15) is 17.5 Å². The lowest BCUT2D eigenvalue weighted by Gasteiger charge is -2.25. The monoisotopic (exact) mass is 356 g/mol. The van der Waals surface area contributed by atoms with E-state index in [9.17, 15) is 0 Å². The maximum absolute atomic E-state index is 5.44. The minimum absolute atomic E-state index is 0.388. The molecule has 1 aliphatic rings. The van der Waals surface area contributed by atoms with Gasteiger partial charge in [0.2, 0.25) is 0 Å². The first kappa shape index (κ1) is 16.2. The molecule has 2 aromatic heterocycles. The Labute approximate surface area is 150 Å². The topological polar surface area (TPSA) is 72.1 Å². The van der Waals surface area contributed by atoms with Crippen molar-refractivity contribution in [1.29, 1.82) is 0 Å². The number of methoxy groups -OCH3 is 2. The van der Waals surface area contributed by atoms with Crippen molar-refractivity contribution in [3.05, 3.63) is 41.7 Å². The van der Waals surface area contributed by atoms with Crippen LogP contribution in [0, 0.1) is 0 Å². The molecule has 130 valence electrons. The zero-order valence-electron chi connectivity index (χ0n) is 14.2. The van der Waals surface area contributed by atoms with Gasteiger partial charge in [-0.25, -0.2) is 4.98 Å². The molecule has 0 radical (unpaired) electrons. The second-order valence-corrected chi connectivity index (χ2v) is 6.95. The maximum atomic E-state index is 5.44. The number of nitrogens with one attached hydrogen (secondary N) is 2. The Balaban J connectivity index is 1.48. The van der Waals surface area contributed by atoms with Gasteiger partial charge in [-0.1, -0.05) is 0 Å². The molecule has 7 heteroatoms. The standard InChI is InChI=1S/C18H20N4O2S/c1-23-13-4-6-16(24-2)17(8-13)25-22-12-3-5-14-11(7-12)9-19-18-15(14)10-20-21-18/h4,6,8-10,12,22H,3,5,7H2,1-2H3,(H,19,20,21). The first-order valence-corrected chi connectivity index (χ1v) is 9.04. The first-order chi connectivity index (χ1) is 12.3. The van der Waals surface area contributed by atoms with Crippen molar-refractivity contribution >= 4 is 23.0 Å². The number of nitrogens with zero attached hydrogens (tertiary/aromatic N) is 2. The van der Waals surface area contributed by atoms with Crippen LogP contribution >= 0.6 is 11.9 Å². The van der Waals surface area contributed by atoms with E-state index in [1.54, 1.807) is 26.2 Å². The van der Waals surface area contributed by atoms with Crippen LogP contribution in [0.15, 0.2) is 35.5 Å². The fraction of sp³-hybridized carbons (Fsp3) is 0.333. The summed E-state index contributed by atoms with van der Waals surface area (Å²) in [4.78, 5) is 5.49.